The van der Waals surface area contributed by atoms with Crippen molar-refractivity contribution < 1.29 is 18.9 Å². The van der Waals surface area contributed by atoms with Gasteiger partial charge in [-0.25, -0.2) is 14.4 Å². The molecule has 44 valence electrons. The first-order valence-electron chi connectivity index (χ1n) is 1.93. The van der Waals surface area contributed by atoms with Crippen LogP contribution in [0.15, 0.2) is 0 Å². The van der Waals surface area contributed by atoms with Crippen LogP contribution in [0.2, 0.25) is 0 Å². The van der Waals surface area contributed by atoms with Crippen LogP contribution >= 0.6 is 0 Å². The average molecular weight is 116 g/mol. The van der Waals surface area contributed by atoms with Gasteiger partial charge in [0.25, 0.3) is 0 Å². The second kappa shape index (κ2) is 2.32. The van der Waals surface area contributed by atoms with E-state index in [9.17, 15) is 14.4 Å². The van der Waals surface area contributed by atoms with Crippen LogP contribution in [0, 0.1) is 0 Å². The maximum Gasteiger partial charge on any atom is 0.315 e. The number of hydrogen-bond donors (Lipinski definition) is 0. The van der Waals surface area contributed by atoms with Gasteiger partial charge in [0.1, 0.15) is 0 Å². The molecule has 0 aromatic rings. The fourth-order valence-electron chi connectivity index (χ4n) is 0.0745. The molecule has 0 fully saturated rings. The number of rotatable bonds is 3. The van der Waals surface area contributed by atoms with E-state index in [1.165, 1.54) is 7.05 Å². The summed E-state index contributed by atoms with van der Waals surface area (Å²) in [5.74, 6) is 0. The first-order chi connectivity index (χ1) is 3.68. The van der Waals surface area contributed by atoms with E-state index >= 15 is 0 Å². The number of quaternary nitrogens is 1. The van der Waals surface area contributed by atoms with Crippen LogP contribution in [-0.2, 0) is 14.4 Å². The van der Waals surface area contributed by atoms with E-state index in [1.807, 2.05) is 0 Å². The quantitative estimate of drug-likeness (QED) is 0.347. The van der Waals surface area contributed by atoms with Crippen molar-refractivity contribution >= 4 is 19.2 Å². The lowest BCUT2D eigenvalue weighted by atomic mass is 10.7. The van der Waals surface area contributed by atoms with E-state index in [1.54, 1.807) is 0 Å². The molecule has 0 heterocycles. The van der Waals surface area contributed by atoms with E-state index in [2.05, 4.69) is 0 Å². The summed E-state index contributed by atoms with van der Waals surface area (Å²) in [5, 5.41) is 0. The van der Waals surface area contributed by atoms with Crippen LogP contribution in [-0.4, -0.2) is 30.8 Å². The lowest BCUT2D eigenvalue weighted by Crippen LogP contribution is -2.39. The molecule has 0 aromatic carbocycles. The molecule has 4 nitrogen and oxygen atoms in total. The molecule has 0 rings (SSSR count). The molecule has 0 aliphatic rings. The predicted molar refractivity (Wildman–Crippen MR) is 24.4 cm³/mol. The molecule has 0 saturated carbocycles. The van der Waals surface area contributed by atoms with Crippen molar-refractivity contribution in [1.29, 1.82) is 0 Å². The Hall–Kier alpha value is -1.03. The normalized spacial score (nSPS) is 10.1. The third-order valence-corrected chi connectivity index (χ3v) is 0.681. The van der Waals surface area contributed by atoms with Crippen molar-refractivity contribution in [2.75, 3.05) is 7.05 Å². The van der Waals surface area contributed by atoms with Crippen molar-refractivity contribution in [1.82, 2.24) is 0 Å². The maximum absolute atomic E-state index is 9.80. The van der Waals surface area contributed by atoms with Crippen LogP contribution < -0.4 is 0 Å². The molecule has 0 N–H and O–H groups in total. The number of amides is 3. The molecule has 0 spiro atoms. The maximum atomic E-state index is 9.80. The van der Waals surface area contributed by atoms with Gasteiger partial charge in [-0.1, -0.05) is 0 Å². The minimum Gasteiger partial charge on any atom is -0.233 e. The van der Waals surface area contributed by atoms with Crippen molar-refractivity contribution in [3.05, 3.63) is 0 Å². The highest BCUT2D eigenvalue weighted by Crippen LogP contribution is 1.81. The van der Waals surface area contributed by atoms with E-state index in [0.717, 1.165) is 0 Å². The summed E-state index contributed by atoms with van der Waals surface area (Å²) >= 11 is 0. The summed E-state index contributed by atoms with van der Waals surface area (Å²) in [7, 11) is 1.19. The fourth-order valence-corrected chi connectivity index (χ4v) is 0.0745. The number of carbonyl (C=O) groups excluding carboxylic acids is 3. The van der Waals surface area contributed by atoms with Crippen molar-refractivity contribution in [2.24, 2.45) is 0 Å². The third-order valence-electron chi connectivity index (χ3n) is 0.681. The van der Waals surface area contributed by atoms with Gasteiger partial charge in [0.2, 0.25) is 0 Å². The Morgan fingerprint density at radius 2 is 1.25 bits per heavy atom. The summed E-state index contributed by atoms with van der Waals surface area (Å²) in [6, 6.07) is 0. The monoisotopic (exact) mass is 116 g/mol. The van der Waals surface area contributed by atoms with Gasteiger partial charge in [0, 0.05) is 0 Å². The smallest absolute Gasteiger partial charge is 0.233 e. The minimum absolute atomic E-state index is 0.250. The Balaban J connectivity index is 4.18. The number of nitrogens with zero attached hydrogens (tertiary/aromatic N) is 1. The first kappa shape index (κ1) is 6.97. The largest absolute Gasteiger partial charge is 0.315 e. The van der Waals surface area contributed by atoms with Crippen LogP contribution in [0.5, 0.6) is 0 Å². The van der Waals surface area contributed by atoms with Crippen LogP contribution in [0.4, 0.5) is 0 Å². The Morgan fingerprint density at radius 1 is 1.00 bits per heavy atom. The van der Waals surface area contributed by atoms with Gasteiger partial charge in [0.15, 0.2) is 0 Å². The Morgan fingerprint density at radius 3 is 1.25 bits per heavy atom. The predicted octanol–water partition coefficient (Wildman–Crippen LogP) is -1.10. The molecule has 8 heavy (non-hydrogen) atoms. The van der Waals surface area contributed by atoms with Crippen molar-refractivity contribution in [3.63, 3.8) is 0 Å². The minimum atomic E-state index is -0.833. The molecule has 0 aliphatic carbocycles. The van der Waals surface area contributed by atoms with Crippen LogP contribution in [0.25, 0.3) is 0 Å². The zero-order valence-electron chi connectivity index (χ0n) is 4.40. The molecule has 0 aliphatic heterocycles. The average Bonchev–Trinajstić information content (AvgIpc) is 1.87. The first-order valence-corrected chi connectivity index (χ1v) is 1.93. The molecule has 0 bridgehead atoms. The summed E-state index contributed by atoms with van der Waals surface area (Å²) < 4.78 is -0.833. The molecule has 3 amide bonds. The number of hydrogen-bond acceptors (Lipinski definition) is 3. The van der Waals surface area contributed by atoms with Gasteiger partial charge in [-0.2, -0.15) is 0 Å². The molecule has 0 saturated heterocycles. The topological polar surface area (TPSA) is 51.2 Å². The van der Waals surface area contributed by atoms with Gasteiger partial charge >= 0.3 is 19.2 Å². The number of imide groups is 3. The van der Waals surface area contributed by atoms with Crippen LogP contribution in [0.1, 0.15) is 0 Å². The van der Waals surface area contributed by atoms with Gasteiger partial charge in [-0.15, -0.1) is 4.48 Å². The summed E-state index contributed by atoms with van der Waals surface area (Å²) in [5.41, 5.74) is 0. The zero-order valence-corrected chi connectivity index (χ0v) is 4.40. The molecule has 0 aromatic heterocycles. The Bertz CT molecular complexity index is 98.7. The SMILES string of the molecule is C[N+](C=O)(C=O)C=O. The molecule has 0 atom stereocenters. The molecule has 4 heteroatoms. The second-order valence-corrected chi connectivity index (χ2v) is 1.54. The lowest BCUT2D eigenvalue weighted by molar-refractivity contribution is -0.647. The fraction of sp³-hybridized carbons (Fsp3) is 0.250. The standard InChI is InChI=1S/C4H6NO3/c1-5(2-6,3-7)4-8/h2-4H,1H3/q+1. The van der Waals surface area contributed by atoms with Crippen molar-refractivity contribution in [2.45, 2.75) is 0 Å². The summed E-state index contributed by atoms with van der Waals surface area (Å²) in [4.78, 5) is 29.4. The van der Waals surface area contributed by atoms with Gasteiger partial charge in [-0.3, -0.25) is 0 Å². The van der Waals surface area contributed by atoms with Crippen LogP contribution in [0.3, 0.4) is 0 Å². The van der Waals surface area contributed by atoms with E-state index < -0.39 is 4.48 Å². The second-order valence-electron chi connectivity index (χ2n) is 1.54. The highest BCUT2D eigenvalue weighted by atomic mass is 16.2. The molecule has 0 unspecified atom stereocenters. The Kier molecular flexibility index (Phi) is 2.02. The zero-order chi connectivity index (χ0) is 6.62. The van der Waals surface area contributed by atoms with E-state index in [0.29, 0.717) is 0 Å². The highest BCUT2D eigenvalue weighted by molar-refractivity contribution is 5.69. The molecular weight excluding hydrogens is 110 g/mol. The number of carbonyl (C=O) groups is 3. The van der Waals surface area contributed by atoms with Gasteiger partial charge < -0.3 is 0 Å². The van der Waals surface area contributed by atoms with Gasteiger partial charge in [0.05, 0.1) is 7.05 Å². The summed E-state index contributed by atoms with van der Waals surface area (Å²) in [6.07, 6.45) is 0.750. The highest BCUT2D eigenvalue weighted by Gasteiger charge is 2.17. The third kappa shape index (κ3) is 1.23. The van der Waals surface area contributed by atoms with E-state index in [-0.39, 0.29) is 19.2 Å². The lowest BCUT2D eigenvalue weighted by Gasteiger charge is -2.05. The molecule has 0 radical (unpaired) electrons. The van der Waals surface area contributed by atoms with Gasteiger partial charge in [-0.05, 0) is 0 Å². The molecular formula is C4H6NO3+. The summed E-state index contributed by atoms with van der Waals surface area (Å²) in [6.45, 7) is 0. The van der Waals surface area contributed by atoms with Crippen molar-refractivity contribution in [3.8, 4) is 0 Å². The van der Waals surface area contributed by atoms with E-state index in [4.69, 9.17) is 0 Å². The Labute approximate surface area is 46.3 Å².